The van der Waals surface area contributed by atoms with E-state index in [4.69, 9.17) is 61.6 Å². The normalized spacial score (nSPS) is 53.9. The van der Waals surface area contributed by atoms with E-state index in [1.54, 1.807) is 0 Å². The van der Waals surface area contributed by atoms with Crippen molar-refractivity contribution in [3.8, 4) is 0 Å². The van der Waals surface area contributed by atoms with Crippen LogP contribution in [0.1, 0.15) is 13.8 Å². The van der Waals surface area contributed by atoms with Gasteiger partial charge in [0.05, 0.1) is 45.2 Å². The summed E-state index contributed by atoms with van der Waals surface area (Å²) in [7, 11) is 0. The summed E-state index contributed by atoms with van der Waals surface area (Å²) >= 11 is 0. The lowest BCUT2D eigenvalue weighted by Gasteiger charge is -2.50. The number of hydrogen-bond donors (Lipinski definition) is 21. The van der Waals surface area contributed by atoms with E-state index in [1.807, 2.05) is 0 Å². The molecule has 7 fully saturated rings. The Bertz CT molecular complexity index is 1780. The van der Waals surface area contributed by atoms with Crippen molar-refractivity contribution in [2.24, 2.45) is 0 Å². The minimum atomic E-state index is -2.25. The van der Waals surface area contributed by atoms with Crippen molar-refractivity contribution in [1.82, 2.24) is 0 Å². The fourth-order valence-electron chi connectivity index (χ4n) is 9.75. The van der Waals surface area contributed by atoms with Gasteiger partial charge in [0.25, 0.3) is 0 Å². The van der Waals surface area contributed by atoms with Crippen LogP contribution in [0.5, 0.6) is 0 Å². The molecule has 35 atom stereocenters. The fourth-order valence-corrected chi connectivity index (χ4v) is 9.75. The first-order valence-corrected chi connectivity index (χ1v) is 24.4. The molecule has 7 aliphatic heterocycles. The van der Waals surface area contributed by atoms with Crippen LogP contribution in [-0.2, 0) is 61.6 Å². The molecule has 0 unspecified atom stereocenters. The van der Waals surface area contributed by atoms with Gasteiger partial charge in [-0.25, -0.2) is 0 Å². The van der Waals surface area contributed by atoms with Gasteiger partial charge in [-0.05, 0) is 13.8 Å². The second kappa shape index (κ2) is 26.3. The van der Waals surface area contributed by atoms with E-state index in [0.717, 1.165) is 0 Å². The maximum absolute atomic E-state index is 11.9. The zero-order valence-electron chi connectivity index (χ0n) is 40.4. The molecule has 76 heavy (non-hydrogen) atoms. The third-order valence-electron chi connectivity index (χ3n) is 14.4. The molecule has 0 aromatic carbocycles. The first kappa shape index (κ1) is 62.2. The molecule has 0 spiro atoms. The maximum atomic E-state index is 11.9. The Hall–Kier alpha value is -1.36. The average Bonchev–Trinajstić information content (AvgIpc) is 3.71. The molecule has 34 heteroatoms. The molecule has 0 saturated carbocycles. The van der Waals surface area contributed by atoms with Crippen LogP contribution in [0, 0.1) is 0 Å². The van der Waals surface area contributed by atoms with E-state index in [-0.39, 0.29) is 0 Å². The lowest BCUT2D eigenvalue weighted by Crippen LogP contribution is -2.68. The number of aliphatic hydroxyl groups excluding tert-OH is 21. The van der Waals surface area contributed by atoms with Gasteiger partial charge < -0.3 is 169 Å². The second-order valence-corrected chi connectivity index (χ2v) is 19.6. The maximum Gasteiger partial charge on any atom is 0.187 e. The van der Waals surface area contributed by atoms with Gasteiger partial charge in [0.15, 0.2) is 44.0 Å². The van der Waals surface area contributed by atoms with Crippen molar-refractivity contribution in [2.75, 3.05) is 33.0 Å². The molecule has 21 N–H and O–H groups in total. The highest BCUT2D eigenvalue weighted by Crippen LogP contribution is 2.38. The summed E-state index contributed by atoms with van der Waals surface area (Å²) in [5.74, 6) is 0. The number of rotatable bonds is 18. The fraction of sp³-hybridized carbons (Fsp3) is 1.00. The van der Waals surface area contributed by atoms with Gasteiger partial charge in [-0.15, -0.1) is 0 Å². The van der Waals surface area contributed by atoms with Crippen molar-refractivity contribution in [3.05, 3.63) is 0 Å². The average molecular weight is 1120 g/mol. The van der Waals surface area contributed by atoms with Gasteiger partial charge in [0, 0.05) is 0 Å². The van der Waals surface area contributed by atoms with Crippen LogP contribution in [0.2, 0.25) is 0 Å². The summed E-state index contributed by atoms with van der Waals surface area (Å²) in [5, 5.41) is 225. The van der Waals surface area contributed by atoms with Crippen molar-refractivity contribution in [2.45, 2.75) is 229 Å². The Morgan fingerprint density at radius 2 is 0.724 bits per heavy atom. The van der Waals surface area contributed by atoms with E-state index in [0.29, 0.717) is 0 Å². The SMILES string of the molecule is C[C@@H]1O[C@@H](O[C@H]2[C@@H](O[C@@H]3[C@@H](O)[C@H](O)O[C@H](CO)[C@@H]3O)O[C@H](CO)[C@H](O)[C@@H]2O)[C@H](O[C@@H]2O[C@@H](C)[C@H](O)[C@@H](O[C@H]3O[C@H](CO[C@@H]4O[C@@H]([C@H](O)CO)[C@H](O)[C@H]4O)[C@H](O)[C@H](O[C@@H]4O[C@H](CO)[C@H](O)[C@H](O)[C@H]4O)[C@H]3O)[C@H]2O)[C@H](O)[C@H]1O. The lowest BCUT2D eigenvalue weighted by molar-refractivity contribution is -0.407. The monoisotopic (exact) mass is 1120 g/mol. The van der Waals surface area contributed by atoms with Gasteiger partial charge in [-0.2, -0.15) is 0 Å². The van der Waals surface area contributed by atoms with Crippen LogP contribution in [0.15, 0.2) is 0 Å². The van der Waals surface area contributed by atoms with E-state index in [1.165, 1.54) is 13.8 Å². The lowest BCUT2D eigenvalue weighted by atomic mass is 9.95. The molecule has 7 heterocycles. The van der Waals surface area contributed by atoms with Crippen molar-refractivity contribution in [3.63, 3.8) is 0 Å². The Labute approximate surface area is 430 Å². The van der Waals surface area contributed by atoms with Crippen LogP contribution in [0.3, 0.4) is 0 Å². The summed E-state index contributed by atoms with van der Waals surface area (Å²) in [6.07, 6.45) is -66.6. The van der Waals surface area contributed by atoms with Crippen molar-refractivity contribution in [1.29, 1.82) is 0 Å². The Morgan fingerprint density at radius 3 is 1.32 bits per heavy atom. The molecule has 7 rings (SSSR count). The first-order valence-electron chi connectivity index (χ1n) is 24.4. The molecule has 0 aliphatic carbocycles. The Morgan fingerprint density at radius 1 is 0.329 bits per heavy atom. The Balaban J connectivity index is 1.12. The predicted octanol–water partition coefficient (Wildman–Crippen LogP) is -14.2. The van der Waals surface area contributed by atoms with Crippen LogP contribution in [0.25, 0.3) is 0 Å². The topological polar surface area (TPSA) is 545 Å². The van der Waals surface area contributed by atoms with Gasteiger partial charge in [-0.1, -0.05) is 0 Å². The zero-order chi connectivity index (χ0) is 55.9. The van der Waals surface area contributed by atoms with Crippen molar-refractivity contribution >= 4 is 0 Å². The minimum absolute atomic E-state index is 0.868. The van der Waals surface area contributed by atoms with E-state index < -0.39 is 248 Å². The smallest absolute Gasteiger partial charge is 0.187 e. The quantitative estimate of drug-likeness (QED) is 0.0606. The highest BCUT2D eigenvalue weighted by molar-refractivity contribution is 5.00. The number of aliphatic hydroxyl groups is 21. The van der Waals surface area contributed by atoms with Crippen LogP contribution < -0.4 is 0 Å². The van der Waals surface area contributed by atoms with Gasteiger partial charge in [-0.3, -0.25) is 0 Å². The van der Waals surface area contributed by atoms with Gasteiger partial charge >= 0.3 is 0 Å². The van der Waals surface area contributed by atoms with E-state index in [2.05, 4.69) is 0 Å². The molecule has 34 nitrogen and oxygen atoms in total. The highest BCUT2D eigenvalue weighted by atomic mass is 16.8. The van der Waals surface area contributed by atoms with E-state index in [9.17, 15) is 107 Å². The standard InChI is InChI=1S/C42H72O34/c1-8-15(48)22(55)34(41(66-8)76-35-23(56)18(51)12(5-45)69-42(35)74-32-19(52)13(6-46)67-36(63)27(32)60)75-39-28(61)31(16(49)9(2)65-39)72-40-29(62)33(73-38-25(58)21(54)17(50)11(4-44)68-38)20(53)14(70-40)7-64-37-26(59)24(57)30(71-37)10(47)3-43/h8-63H,3-7H2,1-2H3/t8-,9-,10+,11+,12+,13+,14+,15-,16-,17-,18-,19-,20-,21-,22+,23-,24+,25+,26+,27+,28+,29+,30-,31+,32-,33-,34+,35+,36+,37+,38-,39-,40+,41-,42+/m0/s1. The molecule has 0 aromatic heterocycles. The highest BCUT2D eigenvalue weighted by Gasteiger charge is 2.58. The molecule has 7 aliphatic rings. The van der Waals surface area contributed by atoms with Crippen molar-refractivity contribution < 1.29 is 169 Å². The zero-order valence-corrected chi connectivity index (χ0v) is 40.4. The third kappa shape index (κ3) is 12.7. The molecule has 0 bridgehead atoms. The number of hydrogen-bond acceptors (Lipinski definition) is 34. The van der Waals surface area contributed by atoms with Crippen LogP contribution in [-0.4, -0.2) is 355 Å². The first-order chi connectivity index (χ1) is 35.9. The molecule has 7 saturated heterocycles. The second-order valence-electron chi connectivity index (χ2n) is 19.6. The largest absolute Gasteiger partial charge is 0.394 e. The molecular weight excluding hydrogens is 1050 g/mol. The summed E-state index contributed by atoms with van der Waals surface area (Å²) in [5.41, 5.74) is 0. The molecule has 444 valence electrons. The Kier molecular flexibility index (Phi) is 21.5. The predicted molar refractivity (Wildman–Crippen MR) is 229 cm³/mol. The number of ether oxygens (including phenoxy) is 13. The van der Waals surface area contributed by atoms with Gasteiger partial charge in [0.2, 0.25) is 0 Å². The van der Waals surface area contributed by atoms with Crippen LogP contribution >= 0.6 is 0 Å². The molecule has 0 aromatic rings. The summed E-state index contributed by atoms with van der Waals surface area (Å²) in [6, 6.07) is 0. The minimum Gasteiger partial charge on any atom is -0.394 e. The third-order valence-corrected chi connectivity index (χ3v) is 14.4. The van der Waals surface area contributed by atoms with Gasteiger partial charge in [0.1, 0.15) is 159 Å². The molecule has 0 amide bonds. The van der Waals surface area contributed by atoms with E-state index >= 15 is 0 Å². The molecule has 0 radical (unpaired) electrons. The van der Waals surface area contributed by atoms with Crippen LogP contribution in [0.4, 0.5) is 0 Å². The summed E-state index contributed by atoms with van der Waals surface area (Å²) in [6.45, 7) is -2.02. The molecular formula is C42H72O34. The summed E-state index contributed by atoms with van der Waals surface area (Å²) in [4.78, 5) is 0. The summed E-state index contributed by atoms with van der Waals surface area (Å²) < 4.78 is 73.8.